The lowest BCUT2D eigenvalue weighted by atomic mass is 9.76. The quantitative estimate of drug-likeness (QED) is 0.403. The highest BCUT2D eigenvalue weighted by Crippen LogP contribution is 2.51. The van der Waals surface area contributed by atoms with E-state index in [1.807, 2.05) is 11.8 Å². The van der Waals surface area contributed by atoms with E-state index in [-0.39, 0.29) is 16.6 Å². The third kappa shape index (κ3) is 6.36. The Labute approximate surface area is 196 Å². The largest absolute Gasteiger partial charge is 0.481 e. The lowest BCUT2D eigenvalue weighted by molar-refractivity contribution is -0.136. The summed E-state index contributed by atoms with van der Waals surface area (Å²) in [6, 6.07) is 4.68. The van der Waals surface area contributed by atoms with Gasteiger partial charge in [-0.15, -0.1) is 11.8 Å². The van der Waals surface area contributed by atoms with Crippen LogP contribution in [-0.2, 0) is 23.1 Å². The first-order chi connectivity index (χ1) is 15.1. The molecule has 0 unspecified atom stereocenters. The van der Waals surface area contributed by atoms with Crippen LogP contribution in [0.4, 0.5) is 0 Å². The van der Waals surface area contributed by atoms with Crippen LogP contribution in [0.3, 0.4) is 0 Å². The number of carboxylic acid groups (broad SMARTS) is 1. The van der Waals surface area contributed by atoms with Crippen molar-refractivity contribution in [3.05, 3.63) is 52.6 Å². The van der Waals surface area contributed by atoms with Gasteiger partial charge in [-0.05, 0) is 47.9 Å². The van der Waals surface area contributed by atoms with Gasteiger partial charge in [0, 0.05) is 27.6 Å². The van der Waals surface area contributed by atoms with E-state index in [4.69, 9.17) is 5.11 Å². The Balaban J connectivity index is 1.95. The molecule has 4 nitrogen and oxygen atoms in total. The molecule has 170 valence electrons. The number of carbonyl (C=O) groups is 1. The van der Waals surface area contributed by atoms with Crippen molar-refractivity contribution in [3.63, 3.8) is 0 Å². The Morgan fingerprint density at radius 2 is 1.81 bits per heavy atom. The van der Waals surface area contributed by atoms with Crippen LogP contribution >= 0.6 is 11.8 Å². The maximum Gasteiger partial charge on any atom is 0.311 e. The van der Waals surface area contributed by atoms with Gasteiger partial charge in [-0.1, -0.05) is 65.7 Å². The number of thioether (sulfide) groups is 1. The number of unbranched alkanes of at least 4 members (excludes halogenated alkanes) is 3. The molecular weight excluding hydrogens is 416 g/mol. The molecule has 2 heterocycles. The fourth-order valence-electron chi connectivity index (χ4n) is 4.58. The molecule has 0 bridgehead atoms. The molecule has 0 saturated carbocycles. The van der Waals surface area contributed by atoms with E-state index in [1.54, 1.807) is 12.4 Å². The molecule has 0 fully saturated rings. The van der Waals surface area contributed by atoms with Gasteiger partial charge in [-0.2, -0.15) is 0 Å². The van der Waals surface area contributed by atoms with Crippen molar-refractivity contribution in [3.8, 4) is 11.8 Å². The Kier molecular flexibility index (Phi) is 7.67. The van der Waals surface area contributed by atoms with Crippen molar-refractivity contribution >= 4 is 17.7 Å². The first-order valence-electron chi connectivity index (χ1n) is 11.5. The van der Waals surface area contributed by atoms with Crippen LogP contribution in [0.1, 0.15) is 94.8 Å². The minimum Gasteiger partial charge on any atom is -0.481 e. The summed E-state index contributed by atoms with van der Waals surface area (Å²) >= 11 is 1.99. The smallest absolute Gasteiger partial charge is 0.311 e. The topological polar surface area (TPSA) is 63.1 Å². The highest BCUT2D eigenvalue weighted by Gasteiger charge is 2.38. The van der Waals surface area contributed by atoms with Crippen molar-refractivity contribution in [2.75, 3.05) is 0 Å². The van der Waals surface area contributed by atoms with Crippen LogP contribution < -0.4 is 0 Å². The summed E-state index contributed by atoms with van der Waals surface area (Å²) in [6.07, 6.45) is 10.1. The Morgan fingerprint density at radius 3 is 2.47 bits per heavy atom. The summed E-state index contributed by atoms with van der Waals surface area (Å²) in [5.74, 6) is 5.95. The summed E-state index contributed by atoms with van der Waals surface area (Å²) < 4.78 is 0.220. The monoisotopic (exact) mass is 450 g/mol. The van der Waals surface area contributed by atoms with Crippen molar-refractivity contribution in [1.82, 2.24) is 9.97 Å². The van der Waals surface area contributed by atoms with Gasteiger partial charge >= 0.3 is 5.97 Å². The van der Waals surface area contributed by atoms with E-state index < -0.39 is 5.97 Å². The van der Waals surface area contributed by atoms with Gasteiger partial charge < -0.3 is 5.11 Å². The average molecular weight is 451 g/mol. The maximum absolute atomic E-state index is 10.8. The maximum atomic E-state index is 10.8. The van der Waals surface area contributed by atoms with Crippen LogP contribution in [0.2, 0.25) is 0 Å². The summed E-state index contributed by atoms with van der Waals surface area (Å²) in [6.45, 7) is 11.6. The number of nitrogens with zero attached hydrogens (tertiary/aromatic N) is 2. The zero-order chi connectivity index (χ0) is 23.4. The second-order valence-electron chi connectivity index (χ2n) is 9.95. The number of aromatic nitrogens is 2. The Hall–Kier alpha value is -2.32. The second kappa shape index (κ2) is 10.1. The van der Waals surface area contributed by atoms with Crippen molar-refractivity contribution < 1.29 is 9.90 Å². The highest BCUT2D eigenvalue weighted by molar-refractivity contribution is 8.00. The minimum atomic E-state index is -0.936. The highest BCUT2D eigenvalue weighted by atomic mass is 32.2. The van der Waals surface area contributed by atoms with Crippen LogP contribution in [0.15, 0.2) is 29.4 Å². The predicted molar refractivity (Wildman–Crippen MR) is 131 cm³/mol. The third-order valence-electron chi connectivity index (χ3n) is 5.84. The molecule has 0 saturated heterocycles. The molecule has 0 radical (unpaired) electrons. The first kappa shape index (κ1) is 24.3. The number of hydrogen-bond donors (Lipinski definition) is 1. The molecule has 1 aromatic heterocycles. The zero-order valence-corrected chi connectivity index (χ0v) is 20.7. The number of fused-ring (bicyclic) bond motifs is 1. The number of carboxylic acids is 1. The van der Waals surface area contributed by atoms with Gasteiger partial charge in [-0.3, -0.25) is 4.79 Å². The standard InChI is InChI=1S/C27H34N2O2S/c1-6-7-8-9-10-20-14-23-22(26(2,3)18-27(4,5)32-23)13-21(20)12-11-19-16-28-24(29-17-19)15-25(30)31/h13-14,16-17H,6-10,15,18H2,1-5H3,(H,30,31). The van der Waals surface area contributed by atoms with Crippen molar-refractivity contribution in [1.29, 1.82) is 0 Å². The summed E-state index contributed by atoms with van der Waals surface area (Å²) in [5, 5.41) is 8.89. The summed E-state index contributed by atoms with van der Waals surface area (Å²) in [5.41, 5.74) is 4.59. The number of rotatable bonds is 7. The van der Waals surface area contributed by atoms with Crippen LogP contribution in [0, 0.1) is 11.8 Å². The number of aryl methyl sites for hydroxylation is 1. The lowest BCUT2D eigenvalue weighted by Crippen LogP contribution is -2.33. The number of hydrogen-bond acceptors (Lipinski definition) is 4. The van der Waals surface area contributed by atoms with E-state index >= 15 is 0 Å². The Bertz CT molecular complexity index is 1030. The van der Waals surface area contributed by atoms with Gasteiger partial charge in [-0.25, -0.2) is 9.97 Å². The third-order valence-corrected chi connectivity index (χ3v) is 7.10. The molecule has 1 aliphatic heterocycles. The van der Waals surface area contributed by atoms with E-state index in [2.05, 4.69) is 68.6 Å². The van der Waals surface area contributed by atoms with Gasteiger partial charge in [0.25, 0.3) is 0 Å². The summed E-state index contributed by atoms with van der Waals surface area (Å²) in [4.78, 5) is 20.5. The van der Waals surface area contributed by atoms with E-state index in [1.165, 1.54) is 41.7 Å². The molecule has 2 aromatic rings. The van der Waals surface area contributed by atoms with Crippen molar-refractivity contribution in [2.24, 2.45) is 0 Å². The molecule has 0 aliphatic carbocycles. The van der Waals surface area contributed by atoms with E-state index in [0.717, 1.165) is 18.4 Å². The fourth-order valence-corrected chi connectivity index (χ4v) is 6.25. The molecule has 0 atom stereocenters. The van der Waals surface area contributed by atoms with E-state index in [9.17, 15) is 4.79 Å². The number of aliphatic carboxylic acids is 1. The molecular formula is C27H34N2O2S. The minimum absolute atomic E-state index is 0.100. The molecule has 3 rings (SSSR count). The van der Waals surface area contributed by atoms with Crippen molar-refractivity contribution in [2.45, 2.75) is 94.6 Å². The normalized spacial score (nSPS) is 16.0. The molecule has 5 heteroatoms. The molecule has 1 N–H and O–H groups in total. The van der Waals surface area contributed by atoms with Gasteiger partial charge in [0.1, 0.15) is 12.2 Å². The molecule has 0 spiro atoms. The summed E-state index contributed by atoms with van der Waals surface area (Å²) in [7, 11) is 0. The predicted octanol–water partition coefficient (Wildman–Crippen LogP) is 6.18. The van der Waals surface area contributed by atoms with Crippen LogP contribution in [0.5, 0.6) is 0 Å². The molecule has 1 aliphatic rings. The Morgan fingerprint density at radius 1 is 1.09 bits per heavy atom. The first-order valence-corrected chi connectivity index (χ1v) is 12.3. The average Bonchev–Trinajstić information content (AvgIpc) is 2.69. The van der Waals surface area contributed by atoms with Gasteiger partial charge in [0.15, 0.2) is 0 Å². The zero-order valence-electron chi connectivity index (χ0n) is 19.9. The van der Waals surface area contributed by atoms with Gasteiger partial charge in [0.2, 0.25) is 0 Å². The molecule has 0 amide bonds. The molecule has 32 heavy (non-hydrogen) atoms. The van der Waals surface area contributed by atoms with Crippen LogP contribution in [-0.4, -0.2) is 25.8 Å². The van der Waals surface area contributed by atoms with Gasteiger partial charge in [0.05, 0.1) is 5.56 Å². The van der Waals surface area contributed by atoms with Crippen LogP contribution in [0.25, 0.3) is 0 Å². The van der Waals surface area contributed by atoms with E-state index in [0.29, 0.717) is 11.4 Å². The second-order valence-corrected chi connectivity index (χ2v) is 11.7. The fraction of sp³-hybridized carbons (Fsp3) is 0.519. The SMILES string of the molecule is CCCCCCc1cc2c(cc1C#Cc1cnc(CC(=O)O)nc1)C(C)(C)CC(C)(C)S2. The number of benzene rings is 1. The molecule has 1 aromatic carbocycles. The lowest BCUT2D eigenvalue weighted by Gasteiger charge is -2.42.